The lowest BCUT2D eigenvalue weighted by Gasteiger charge is -2.34. The number of ether oxygens (including phenoxy) is 5. The summed E-state index contributed by atoms with van der Waals surface area (Å²) < 4.78 is 74.3. The zero-order chi connectivity index (χ0) is 31.6. The first kappa shape index (κ1) is 33.4. The third kappa shape index (κ3) is 6.95. The van der Waals surface area contributed by atoms with Crippen LogP contribution in [0.5, 0.6) is 0 Å². The highest BCUT2D eigenvalue weighted by Gasteiger charge is 2.72. The Kier molecular flexibility index (Phi) is 10.0. The largest absolute Gasteiger partial charge is 0.480 e. The van der Waals surface area contributed by atoms with Crippen LogP contribution in [0.2, 0.25) is 0 Å². The number of halogens is 1. The summed E-state index contributed by atoms with van der Waals surface area (Å²) in [5.74, 6) is -3.46. The van der Waals surface area contributed by atoms with Crippen molar-refractivity contribution in [3.8, 4) is 0 Å². The smallest absolute Gasteiger partial charge is 0.438 e. The van der Waals surface area contributed by atoms with Gasteiger partial charge in [-0.3, -0.25) is 28.5 Å². The Hall–Kier alpha value is -2.46. The first-order chi connectivity index (χ1) is 20.2. The minimum atomic E-state index is -4.71. The minimum absolute atomic E-state index is 0.503. The second-order valence-electron chi connectivity index (χ2n) is 11.5. The van der Waals surface area contributed by atoms with Crippen molar-refractivity contribution >= 4 is 19.8 Å². The molecule has 15 nitrogen and oxygen atoms in total. The molecule has 1 aliphatic carbocycles. The van der Waals surface area contributed by atoms with Crippen molar-refractivity contribution in [3.63, 3.8) is 0 Å². The molecule has 2 aliphatic heterocycles. The van der Waals surface area contributed by atoms with E-state index in [4.69, 9.17) is 37.3 Å². The maximum atomic E-state index is 15.2. The lowest BCUT2D eigenvalue weighted by Crippen LogP contribution is -2.51. The number of aromatic nitrogens is 2. The number of rotatable bonds is 13. The van der Waals surface area contributed by atoms with Crippen molar-refractivity contribution in [2.24, 2.45) is 11.8 Å². The van der Waals surface area contributed by atoms with Gasteiger partial charge in [0.25, 0.3) is 5.56 Å². The molecule has 17 heteroatoms. The molecule has 1 aromatic heterocycles. The SMILES string of the molecule is CC(C)C(=O)OCOP(=O)(OCOC(=O)C(C)C)OC[C@@]1(CF)O[C@@H](n2ccc(=O)[nH]c2=O)[C@]2(C)OC3(CCCC3)O[C@H]12. The Morgan fingerprint density at radius 3 is 2.14 bits per heavy atom. The van der Waals surface area contributed by atoms with Crippen LogP contribution in [0.4, 0.5) is 4.39 Å². The van der Waals surface area contributed by atoms with Crippen LogP contribution in [0.25, 0.3) is 0 Å². The van der Waals surface area contributed by atoms with Gasteiger partial charge < -0.3 is 23.7 Å². The fourth-order valence-corrected chi connectivity index (χ4v) is 6.24. The number of phosphoric ester groups is 1. The van der Waals surface area contributed by atoms with Crippen LogP contribution in [0.1, 0.15) is 66.5 Å². The summed E-state index contributed by atoms with van der Waals surface area (Å²) in [6.07, 6.45) is 1.26. The topological polar surface area (TPSA) is 180 Å². The number of aromatic amines is 1. The van der Waals surface area contributed by atoms with Gasteiger partial charge >= 0.3 is 25.5 Å². The number of carbonyl (C=O) groups is 2. The van der Waals surface area contributed by atoms with Gasteiger partial charge in [-0.2, -0.15) is 0 Å². The van der Waals surface area contributed by atoms with Crippen molar-refractivity contribution in [3.05, 3.63) is 33.1 Å². The number of carbonyl (C=O) groups excluding carboxylic acids is 2. The molecule has 2 saturated heterocycles. The van der Waals surface area contributed by atoms with Crippen LogP contribution in [-0.4, -0.2) is 71.5 Å². The van der Waals surface area contributed by atoms with Crippen LogP contribution in [0.15, 0.2) is 21.9 Å². The van der Waals surface area contributed by atoms with Crippen molar-refractivity contribution in [2.75, 3.05) is 26.9 Å². The van der Waals surface area contributed by atoms with Crippen LogP contribution < -0.4 is 11.2 Å². The molecule has 0 amide bonds. The maximum Gasteiger partial charge on any atom is 0.480 e. The number of nitrogens with zero attached hydrogens (tertiary/aromatic N) is 1. The highest BCUT2D eigenvalue weighted by atomic mass is 31.2. The van der Waals surface area contributed by atoms with E-state index in [0.717, 1.165) is 23.5 Å². The second kappa shape index (κ2) is 12.9. The van der Waals surface area contributed by atoms with E-state index in [2.05, 4.69) is 4.98 Å². The fourth-order valence-electron chi connectivity index (χ4n) is 5.28. The minimum Gasteiger partial charge on any atom is -0.438 e. The predicted molar refractivity (Wildman–Crippen MR) is 143 cm³/mol. The molecule has 1 saturated carbocycles. The molecular formula is C26H38FN2O13P. The third-order valence-electron chi connectivity index (χ3n) is 7.50. The molecular weight excluding hydrogens is 598 g/mol. The number of nitrogens with one attached hydrogen (secondary N) is 1. The lowest BCUT2D eigenvalue weighted by atomic mass is 9.88. The van der Waals surface area contributed by atoms with Gasteiger partial charge in [0.1, 0.15) is 18.4 Å². The highest BCUT2D eigenvalue weighted by Crippen LogP contribution is 2.60. The van der Waals surface area contributed by atoms with E-state index in [-0.39, 0.29) is 0 Å². The standard InChI is InChI=1S/C26H38FN2O13P/c1-16(2)19(31)35-14-38-43(34,39-15-36-20(32)17(3)4)37-13-25(12-27)21-24(5,42-26(40-21)9-6-7-10-26)22(41-25)29-11-8-18(30)28-23(29)33/h8,11,16-17,21-22H,6-7,9-10,12-15H2,1-5H3,(H,28,30,33)/t21-,22+,24+,25+/m0/s1. The van der Waals surface area contributed by atoms with Gasteiger partial charge in [0, 0.05) is 25.1 Å². The van der Waals surface area contributed by atoms with E-state index >= 15 is 4.39 Å². The fraction of sp³-hybridized carbons (Fsp3) is 0.769. The van der Waals surface area contributed by atoms with Crippen LogP contribution in [-0.2, 0) is 51.4 Å². The zero-order valence-corrected chi connectivity index (χ0v) is 25.6. The number of fused-ring (bicyclic) bond motifs is 1. The lowest BCUT2D eigenvalue weighted by molar-refractivity contribution is -0.253. The number of H-pyrrole nitrogens is 1. The first-order valence-corrected chi connectivity index (χ1v) is 15.4. The highest BCUT2D eigenvalue weighted by molar-refractivity contribution is 7.48. The van der Waals surface area contributed by atoms with E-state index in [1.165, 1.54) is 6.20 Å². The Bertz CT molecular complexity index is 1310. The monoisotopic (exact) mass is 636 g/mol. The second-order valence-corrected chi connectivity index (χ2v) is 13.2. The van der Waals surface area contributed by atoms with Gasteiger partial charge in [0.05, 0.1) is 18.4 Å². The van der Waals surface area contributed by atoms with E-state index < -0.39 is 99.0 Å². The summed E-state index contributed by atoms with van der Waals surface area (Å²) in [5.41, 5.74) is -4.97. The van der Waals surface area contributed by atoms with E-state index in [0.29, 0.717) is 12.8 Å². The number of phosphoric acid groups is 1. The molecule has 4 atom stereocenters. The Labute approximate surface area is 246 Å². The molecule has 242 valence electrons. The van der Waals surface area contributed by atoms with Crippen LogP contribution >= 0.6 is 7.82 Å². The molecule has 0 unspecified atom stereocenters. The van der Waals surface area contributed by atoms with Crippen LogP contribution in [0, 0.1) is 11.8 Å². The van der Waals surface area contributed by atoms with Crippen molar-refractivity contribution < 1.29 is 55.8 Å². The number of hydrogen-bond acceptors (Lipinski definition) is 13. The summed E-state index contributed by atoms with van der Waals surface area (Å²) in [7, 11) is -4.71. The molecule has 1 N–H and O–H groups in total. The number of hydrogen-bond donors (Lipinski definition) is 1. The summed E-state index contributed by atoms with van der Waals surface area (Å²) in [6.45, 7) is 4.11. The summed E-state index contributed by atoms with van der Waals surface area (Å²) in [6, 6.07) is 1.10. The summed E-state index contributed by atoms with van der Waals surface area (Å²) in [5, 5.41) is 0. The van der Waals surface area contributed by atoms with Crippen molar-refractivity contribution in [2.45, 2.75) is 89.6 Å². The van der Waals surface area contributed by atoms with Crippen molar-refractivity contribution in [1.82, 2.24) is 9.55 Å². The number of alkyl halides is 1. The first-order valence-electron chi connectivity index (χ1n) is 14.0. The summed E-state index contributed by atoms with van der Waals surface area (Å²) >= 11 is 0. The Morgan fingerprint density at radius 2 is 1.63 bits per heavy atom. The van der Waals surface area contributed by atoms with E-state index in [1.54, 1.807) is 34.6 Å². The Balaban J connectivity index is 1.61. The average molecular weight is 637 g/mol. The average Bonchev–Trinajstić information content (AvgIpc) is 3.59. The molecule has 1 aromatic rings. The maximum absolute atomic E-state index is 15.2. The van der Waals surface area contributed by atoms with Gasteiger partial charge in [-0.15, -0.1) is 0 Å². The van der Waals surface area contributed by atoms with Gasteiger partial charge in [-0.1, -0.05) is 27.7 Å². The normalized spacial score (nSPS) is 28.1. The van der Waals surface area contributed by atoms with Crippen molar-refractivity contribution in [1.29, 1.82) is 0 Å². The van der Waals surface area contributed by atoms with Gasteiger partial charge in [-0.25, -0.2) is 22.8 Å². The third-order valence-corrected chi connectivity index (χ3v) is 8.79. The molecule has 0 aromatic carbocycles. The van der Waals surface area contributed by atoms with Gasteiger partial charge in [-0.05, 0) is 19.8 Å². The molecule has 43 heavy (non-hydrogen) atoms. The van der Waals surface area contributed by atoms with Gasteiger partial charge in [0.2, 0.25) is 13.6 Å². The molecule has 3 heterocycles. The molecule has 0 radical (unpaired) electrons. The van der Waals surface area contributed by atoms with E-state index in [9.17, 15) is 23.7 Å². The molecule has 3 fully saturated rings. The molecule has 1 spiro atoms. The molecule has 3 aliphatic rings. The molecule has 4 rings (SSSR count). The Morgan fingerprint density at radius 1 is 1.05 bits per heavy atom. The zero-order valence-electron chi connectivity index (χ0n) is 24.7. The van der Waals surface area contributed by atoms with E-state index in [1.807, 2.05) is 0 Å². The quantitative estimate of drug-likeness (QED) is 0.190. The predicted octanol–water partition coefficient (Wildman–Crippen LogP) is 2.69. The molecule has 0 bridgehead atoms. The van der Waals surface area contributed by atoms with Crippen LogP contribution in [0.3, 0.4) is 0 Å². The van der Waals surface area contributed by atoms with Gasteiger partial charge in [0.15, 0.2) is 17.6 Å². The summed E-state index contributed by atoms with van der Waals surface area (Å²) in [4.78, 5) is 50.4. The number of esters is 2.